The number of aryl methyl sites for hydroxylation is 1. The van der Waals surface area contributed by atoms with Crippen LogP contribution >= 0.6 is 11.8 Å². The molecule has 144 valence electrons. The zero-order chi connectivity index (χ0) is 19.8. The molecule has 3 aromatic rings. The van der Waals surface area contributed by atoms with Crippen LogP contribution in [-0.4, -0.2) is 28.5 Å². The number of hydrogen-bond acceptors (Lipinski definition) is 5. The van der Waals surface area contributed by atoms with Gasteiger partial charge in [-0.05, 0) is 18.1 Å². The lowest BCUT2D eigenvalue weighted by molar-refractivity contribution is -0.119. The van der Waals surface area contributed by atoms with Crippen LogP contribution in [0, 0.1) is 6.92 Å². The van der Waals surface area contributed by atoms with Crippen molar-refractivity contribution in [3.05, 3.63) is 83.6 Å². The van der Waals surface area contributed by atoms with Gasteiger partial charge in [0.15, 0.2) is 5.82 Å². The molecule has 1 heterocycles. The Balaban J connectivity index is 1.53. The molecule has 28 heavy (non-hydrogen) atoms. The minimum absolute atomic E-state index is 0.132. The van der Waals surface area contributed by atoms with E-state index in [1.807, 2.05) is 60.7 Å². The van der Waals surface area contributed by atoms with E-state index in [1.54, 1.807) is 13.0 Å². The molecule has 0 radical (unpaired) electrons. The molecule has 2 N–H and O–H groups in total. The summed E-state index contributed by atoms with van der Waals surface area (Å²) in [5.41, 5.74) is 2.01. The van der Waals surface area contributed by atoms with Gasteiger partial charge in [0, 0.05) is 6.07 Å². The van der Waals surface area contributed by atoms with Crippen LogP contribution in [0.15, 0.2) is 71.3 Å². The summed E-state index contributed by atoms with van der Waals surface area (Å²) in [7, 11) is 0. The maximum atomic E-state index is 12.5. The molecule has 0 unspecified atom stereocenters. The zero-order valence-corrected chi connectivity index (χ0v) is 16.2. The molecular formula is C21H21N3O3S. The molecule has 0 atom stereocenters. The fraction of sp³-hybridized carbons (Fsp3) is 0.190. The molecule has 0 saturated carbocycles. The van der Waals surface area contributed by atoms with E-state index in [2.05, 4.69) is 15.8 Å². The van der Waals surface area contributed by atoms with Crippen LogP contribution in [-0.2, 0) is 9.59 Å². The lowest BCUT2D eigenvalue weighted by Gasteiger charge is -2.19. The average Bonchev–Trinajstić information content (AvgIpc) is 3.12. The fourth-order valence-electron chi connectivity index (χ4n) is 2.69. The quantitative estimate of drug-likeness (QED) is 0.609. The summed E-state index contributed by atoms with van der Waals surface area (Å²) in [5, 5.41) is 9.40. The van der Waals surface area contributed by atoms with Crippen molar-refractivity contribution in [3.63, 3.8) is 0 Å². The molecule has 0 aliphatic heterocycles. The number of carbonyl (C=O) groups excluding carboxylic acids is 2. The molecule has 0 fully saturated rings. The van der Waals surface area contributed by atoms with Gasteiger partial charge in [0.05, 0.1) is 17.5 Å². The lowest BCUT2D eigenvalue weighted by atomic mass is 9.99. The SMILES string of the molecule is Cc1cc(NC(=O)CSCC(=O)NC(c2ccccc2)c2ccccc2)no1. The van der Waals surface area contributed by atoms with E-state index in [9.17, 15) is 9.59 Å². The van der Waals surface area contributed by atoms with Gasteiger partial charge in [-0.3, -0.25) is 9.59 Å². The highest BCUT2D eigenvalue weighted by molar-refractivity contribution is 8.00. The molecule has 2 amide bonds. The number of benzene rings is 2. The predicted molar refractivity (Wildman–Crippen MR) is 110 cm³/mol. The standard InChI is InChI=1S/C21H21N3O3S/c1-15-12-18(24-27-15)22-19(25)13-28-14-20(26)23-21(16-8-4-2-5-9-16)17-10-6-3-7-11-17/h2-12,21H,13-14H2,1H3,(H,23,26)(H,22,24,25). The average molecular weight is 395 g/mol. The number of rotatable bonds is 8. The summed E-state index contributed by atoms with van der Waals surface area (Å²) in [6.45, 7) is 1.75. The first-order chi connectivity index (χ1) is 13.6. The van der Waals surface area contributed by atoms with E-state index in [0.29, 0.717) is 11.6 Å². The van der Waals surface area contributed by atoms with E-state index < -0.39 is 0 Å². The van der Waals surface area contributed by atoms with Gasteiger partial charge in [0.2, 0.25) is 11.8 Å². The zero-order valence-electron chi connectivity index (χ0n) is 15.4. The summed E-state index contributed by atoms with van der Waals surface area (Å²) in [6, 6.07) is 21.0. The van der Waals surface area contributed by atoms with Crippen LogP contribution in [0.2, 0.25) is 0 Å². The Hall–Kier alpha value is -3.06. The van der Waals surface area contributed by atoms with Gasteiger partial charge in [0.25, 0.3) is 0 Å². The maximum absolute atomic E-state index is 12.5. The van der Waals surface area contributed by atoms with Crippen LogP contribution in [0.25, 0.3) is 0 Å². The molecule has 0 spiro atoms. The largest absolute Gasteiger partial charge is 0.360 e. The summed E-state index contributed by atoms with van der Waals surface area (Å²) in [5.74, 6) is 0.972. The number of thioether (sulfide) groups is 1. The Kier molecular flexibility index (Phi) is 6.86. The highest BCUT2D eigenvalue weighted by Gasteiger charge is 2.17. The first-order valence-electron chi connectivity index (χ1n) is 8.82. The maximum Gasteiger partial charge on any atom is 0.235 e. The van der Waals surface area contributed by atoms with Crippen molar-refractivity contribution in [1.29, 1.82) is 0 Å². The number of amides is 2. The predicted octanol–water partition coefficient (Wildman–Crippen LogP) is 3.56. The Morgan fingerprint density at radius 3 is 2.07 bits per heavy atom. The third-order valence-corrected chi connectivity index (χ3v) is 4.87. The second kappa shape index (κ2) is 9.75. The second-order valence-electron chi connectivity index (χ2n) is 6.19. The summed E-state index contributed by atoms with van der Waals surface area (Å²) in [4.78, 5) is 24.4. The Morgan fingerprint density at radius 1 is 0.964 bits per heavy atom. The van der Waals surface area contributed by atoms with Crippen LogP contribution in [0.1, 0.15) is 22.9 Å². The van der Waals surface area contributed by atoms with Crippen molar-refractivity contribution in [3.8, 4) is 0 Å². The van der Waals surface area contributed by atoms with Gasteiger partial charge >= 0.3 is 0 Å². The third-order valence-electron chi connectivity index (χ3n) is 3.93. The molecule has 0 aliphatic rings. The molecule has 0 saturated heterocycles. The van der Waals surface area contributed by atoms with Crippen molar-refractivity contribution in [2.45, 2.75) is 13.0 Å². The van der Waals surface area contributed by atoms with Crippen molar-refractivity contribution in [2.24, 2.45) is 0 Å². The molecule has 2 aromatic carbocycles. The topological polar surface area (TPSA) is 84.2 Å². The number of nitrogens with one attached hydrogen (secondary N) is 2. The minimum Gasteiger partial charge on any atom is -0.360 e. The Bertz CT molecular complexity index is 873. The van der Waals surface area contributed by atoms with Crippen molar-refractivity contribution in [1.82, 2.24) is 10.5 Å². The van der Waals surface area contributed by atoms with Gasteiger partial charge in [-0.2, -0.15) is 0 Å². The van der Waals surface area contributed by atoms with E-state index in [-0.39, 0.29) is 29.4 Å². The lowest BCUT2D eigenvalue weighted by Crippen LogP contribution is -2.31. The number of hydrogen-bond donors (Lipinski definition) is 2. The van der Waals surface area contributed by atoms with Gasteiger partial charge in [-0.15, -0.1) is 11.8 Å². The van der Waals surface area contributed by atoms with Crippen LogP contribution in [0.4, 0.5) is 5.82 Å². The normalized spacial score (nSPS) is 10.6. The number of carbonyl (C=O) groups is 2. The first kappa shape index (κ1) is 19.7. The first-order valence-corrected chi connectivity index (χ1v) is 9.97. The summed E-state index contributed by atoms with van der Waals surface area (Å²) >= 11 is 1.25. The number of nitrogens with zero attached hydrogens (tertiary/aromatic N) is 1. The highest BCUT2D eigenvalue weighted by Crippen LogP contribution is 2.22. The fourth-order valence-corrected chi connectivity index (χ4v) is 3.32. The molecule has 0 bridgehead atoms. The van der Waals surface area contributed by atoms with E-state index in [1.165, 1.54) is 11.8 Å². The van der Waals surface area contributed by atoms with Crippen molar-refractivity contribution in [2.75, 3.05) is 16.8 Å². The molecule has 6 nitrogen and oxygen atoms in total. The van der Waals surface area contributed by atoms with Crippen molar-refractivity contribution >= 4 is 29.4 Å². The van der Waals surface area contributed by atoms with Crippen molar-refractivity contribution < 1.29 is 14.1 Å². The monoisotopic (exact) mass is 395 g/mol. The van der Waals surface area contributed by atoms with Crippen LogP contribution < -0.4 is 10.6 Å². The van der Waals surface area contributed by atoms with Crippen LogP contribution in [0.5, 0.6) is 0 Å². The van der Waals surface area contributed by atoms with Gasteiger partial charge < -0.3 is 15.2 Å². The van der Waals surface area contributed by atoms with Gasteiger partial charge in [-0.25, -0.2) is 0 Å². The Morgan fingerprint density at radius 2 is 1.54 bits per heavy atom. The molecule has 0 aliphatic carbocycles. The smallest absolute Gasteiger partial charge is 0.235 e. The summed E-state index contributed by atoms with van der Waals surface area (Å²) in [6.07, 6.45) is 0. The molecule has 7 heteroatoms. The molecule has 3 rings (SSSR count). The van der Waals surface area contributed by atoms with E-state index >= 15 is 0 Å². The highest BCUT2D eigenvalue weighted by atomic mass is 32.2. The third kappa shape index (κ3) is 5.72. The van der Waals surface area contributed by atoms with E-state index in [4.69, 9.17) is 4.52 Å². The van der Waals surface area contributed by atoms with E-state index in [0.717, 1.165) is 11.1 Å². The van der Waals surface area contributed by atoms with Gasteiger partial charge in [0.1, 0.15) is 5.76 Å². The van der Waals surface area contributed by atoms with Gasteiger partial charge in [-0.1, -0.05) is 65.8 Å². The Labute approximate surface area is 167 Å². The minimum atomic E-state index is -0.234. The van der Waals surface area contributed by atoms with Crippen LogP contribution in [0.3, 0.4) is 0 Å². The number of anilines is 1. The molecule has 1 aromatic heterocycles. The second-order valence-corrected chi connectivity index (χ2v) is 7.17. The summed E-state index contributed by atoms with van der Waals surface area (Å²) < 4.78 is 4.90. The number of aromatic nitrogens is 1. The molecular weight excluding hydrogens is 374 g/mol.